The number of hydrogen-bond donors (Lipinski definition) is 1. The van der Waals surface area contributed by atoms with Gasteiger partial charge in [0.1, 0.15) is 0 Å². The Hall–Kier alpha value is -2.37. The van der Waals surface area contributed by atoms with Gasteiger partial charge in [0.05, 0.1) is 16.5 Å². The van der Waals surface area contributed by atoms with Crippen molar-refractivity contribution in [2.24, 2.45) is 11.3 Å². The number of aliphatic hydroxyl groups excluding tert-OH is 1. The zero-order valence-electron chi connectivity index (χ0n) is 19.2. The zero-order chi connectivity index (χ0) is 23.1. The standard InChI is InChI=1S/C27H31NO3S/c1-6-27(5)15-14-21-24(25(27)29)19-16-28(32(30,31)18-12-10-17(2)11-13-18)22-9-7-8-20(23(19)22)26(21,3)4/h6-13,16,21,24-25,29H,1,14-15H2,2-5H3/t21-,24-,25-,27+/m1/s1. The van der Waals surface area contributed by atoms with Gasteiger partial charge in [-0.3, -0.25) is 0 Å². The number of aliphatic hydroxyl groups is 1. The van der Waals surface area contributed by atoms with Crippen molar-refractivity contribution in [3.8, 4) is 0 Å². The lowest BCUT2D eigenvalue weighted by Crippen LogP contribution is -2.50. The Morgan fingerprint density at radius 1 is 1.12 bits per heavy atom. The van der Waals surface area contributed by atoms with Gasteiger partial charge in [-0.2, -0.15) is 0 Å². The fraction of sp³-hybridized carbons (Fsp3) is 0.407. The molecule has 1 N–H and O–H groups in total. The number of rotatable bonds is 3. The highest BCUT2D eigenvalue weighted by Gasteiger charge is 2.53. The zero-order valence-corrected chi connectivity index (χ0v) is 20.0. The third kappa shape index (κ3) is 2.74. The average molecular weight is 450 g/mol. The lowest BCUT2D eigenvalue weighted by molar-refractivity contribution is -0.0299. The van der Waals surface area contributed by atoms with E-state index in [0.717, 1.165) is 29.4 Å². The summed E-state index contributed by atoms with van der Waals surface area (Å²) in [5.41, 5.74) is 3.23. The van der Waals surface area contributed by atoms with Gasteiger partial charge in [-0.05, 0) is 60.4 Å². The van der Waals surface area contributed by atoms with Crippen LogP contribution in [0.2, 0.25) is 0 Å². The minimum absolute atomic E-state index is 0.145. The molecule has 2 aliphatic carbocycles. The molecule has 168 valence electrons. The molecular weight excluding hydrogens is 418 g/mol. The van der Waals surface area contributed by atoms with Gasteiger partial charge < -0.3 is 5.11 Å². The summed E-state index contributed by atoms with van der Waals surface area (Å²) in [7, 11) is -3.77. The third-order valence-electron chi connectivity index (χ3n) is 8.29. The summed E-state index contributed by atoms with van der Waals surface area (Å²) in [6.45, 7) is 12.5. The molecule has 3 aromatic rings. The highest BCUT2D eigenvalue weighted by Crippen LogP contribution is 2.59. The van der Waals surface area contributed by atoms with E-state index in [1.165, 1.54) is 9.54 Å². The maximum absolute atomic E-state index is 13.7. The molecule has 1 heterocycles. The predicted octanol–water partition coefficient (Wildman–Crippen LogP) is 5.52. The molecule has 5 rings (SSSR count). The first-order valence-electron chi connectivity index (χ1n) is 11.3. The minimum Gasteiger partial charge on any atom is -0.392 e. The molecular formula is C27H31NO3S. The fourth-order valence-corrected chi connectivity index (χ4v) is 7.51. The van der Waals surface area contributed by atoms with Crippen molar-refractivity contribution >= 4 is 20.9 Å². The normalized spacial score (nSPS) is 29.0. The summed E-state index contributed by atoms with van der Waals surface area (Å²) in [6, 6.07) is 12.9. The largest absolute Gasteiger partial charge is 0.392 e. The third-order valence-corrected chi connectivity index (χ3v) is 9.98. The maximum atomic E-state index is 13.7. The lowest BCUT2D eigenvalue weighted by Gasteiger charge is -2.53. The average Bonchev–Trinajstić information content (AvgIpc) is 3.15. The Morgan fingerprint density at radius 2 is 1.81 bits per heavy atom. The van der Waals surface area contributed by atoms with E-state index in [9.17, 15) is 13.5 Å². The first-order chi connectivity index (χ1) is 15.0. The minimum atomic E-state index is -3.77. The van der Waals surface area contributed by atoms with Gasteiger partial charge >= 0.3 is 0 Å². The van der Waals surface area contributed by atoms with Gasteiger partial charge in [0, 0.05) is 22.9 Å². The molecule has 1 fully saturated rings. The highest BCUT2D eigenvalue weighted by atomic mass is 32.2. The number of benzene rings is 2. The van der Waals surface area contributed by atoms with Gasteiger partial charge in [-0.15, -0.1) is 6.58 Å². The molecule has 1 saturated carbocycles. The molecule has 0 radical (unpaired) electrons. The Kier molecular flexibility index (Phi) is 4.57. The van der Waals surface area contributed by atoms with E-state index >= 15 is 0 Å². The van der Waals surface area contributed by atoms with Crippen LogP contribution in [-0.4, -0.2) is 23.6 Å². The topological polar surface area (TPSA) is 59.3 Å². The Labute approximate surface area is 190 Å². The van der Waals surface area contributed by atoms with Crippen LogP contribution in [0.5, 0.6) is 0 Å². The molecule has 0 bridgehead atoms. The van der Waals surface area contributed by atoms with Crippen LogP contribution >= 0.6 is 0 Å². The highest BCUT2D eigenvalue weighted by molar-refractivity contribution is 7.90. The van der Waals surface area contributed by atoms with Crippen molar-refractivity contribution in [3.63, 3.8) is 0 Å². The second kappa shape index (κ2) is 6.82. The molecule has 0 unspecified atom stereocenters. The molecule has 1 aromatic heterocycles. The van der Waals surface area contributed by atoms with Crippen molar-refractivity contribution in [1.29, 1.82) is 0 Å². The molecule has 2 aliphatic rings. The van der Waals surface area contributed by atoms with E-state index in [1.54, 1.807) is 18.3 Å². The summed E-state index contributed by atoms with van der Waals surface area (Å²) in [4.78, 5) is 0.270. The summed E-state index contributed by atoms with van der Waals surface area (Å²) in [6.07, 6.45) is 4.86. The van der Waals surface area contributed by atoms with Gasteiger partial charge in [0.25, 0.3) is 10.0 Å². The van der Waals surface area contributed by atoms with Crippen molar-refractivity contribution in [2.45, 2.75) is 62.9 Å². The second-order valence-electron chi connectivity index (χ2n) is 10.4. The van der Waals surface area contributed by atoms with Crippen molar-refractivity contribution in [3.05, 3.63) is 78.0 Å². The van der Waals surface area contributed by atoms with E-state index in [0.29, 0.717) is 5.52 Å². The van der Waals surface area contributed by atoms with E-state index in [-0.39, 0.29) is 22.1 Å². The fourth-order valence-electron chi connectivity index (χ4n) is 6.14. The predicted molar refractivity (Wildman–Crippen MR) is 129 cm³/mol. The van der Waals surface area contributed by atoms with E-state index in [2.05, 4.69) is 33.4 Å². The first kappa shape index (κ1) is 21.5. The van der Waals surface area contributed by atoms with Crippen LogP contribution in [-0.2, 0) is 15.4 Å². The summed E-state index contributed by atoms with van der Waals surface area (Å²) in [5, 5.41) is 12.5. The molecule has 4 nitrogen and oxygen atoms in total. The smallest absolute Gasteiger partial charge is 0.268 e. The molecule has 5 heteroatoms. The molecule has 32 heavy (non-hydrogen) atoms. The van der Waals surface area contributed by atoms with E-state index in [4.69, 9.17) is 0 Å². The van der Waals surface area contributed by atoms with Gasteiger partial charge in [-0.1, -0.05) is 56.7 Å². The monoisotopic (exact) mass is 449 g/mol. The van der Waals surface area contributed by atoms with Gasteiger partial charge in [-0.25, -0.2) is 12.4 Å². The molecule has 0 amide bonds. The Bertz CT molecular complexity index is 1330. The van der Waals surface area contributed by atoms with Crippen molar-refractivity contribution in [2.75, 3.05) is 0 Å². The van der Waals surface area contributed by atoms with Crippen LogP contribution in [0.1, 0.15) is 56.2 Å². The number of nitrogens with zero attached hydrogens (tertiary/aromatic N) is 1. The quantitative estimate of drug-likeness (QED) is 0.535. The molecule has 4 atom stereocenters. The van der Waals surface area contributed by atoms with Gasteiger partial charge in [0.2, 0.25) is 0 Å². The molecule has 0 saturated heterocycles. The Balaban J connectivity index is 1.80. The summed E-state index contributed by atoms with van der Waals surface area (Å²) >= 11 is 0. The summed E-state index contributed by atoms with van der Waals surface area (Å²) in [5.74, 6) is 0.0789. The first-order valence-corrected chi connectivity index (χ1v) is 12.7. The number of hydrogen-bond acceptors (Lipinski definition) is 3. The molecule has 0 aliphatic heterocycles. The number of fused-ring (bicyclic) bond motifs is 2. The second-order valence-corrected chi connectivity index (χ2v) is 12.3. The van der Waals surface area contributed by atoms with Crippen molar-refractivity contribution < 1.29 is 13.5 Å². The molecule has 0 spiro atoms. The van der Waals surface area contributed by atoms with E-state index in [1.807, 2.05) is 37.3 Å². The number of aromatic nitrogens is 1. The lowest BCUT2D eigenvalue weighted by atomic mass is 9.52. The van der Waals surface area contributed by atoms with Crippen LogP contribution in [0, 0.1) is 18.3 Å². The summed E-state index contributed by atoms with van der Waals surface area (Å²) < 4.78 is 28.8. The van der Waals surface area contributed by atoms with Crippen LogP contribution in [0.4, 0.5) is 0 Å². The van der Waals surface area contributed by atoms with Crippen molar-refractivity contribution in [1.82, 2.24) is 3.97 Å². The van der Waals surface area contributed by atoms with Gasteiger partial charge in [0.15, 0.2) is 0 Å². The van der Waals surface area contributed by atoms with Crippen LogP contribution in [0.25, 0.3) is 10.9 Å². The van der Waals surface area contributed by atoms with Crippen LogP contribution in [0.3, 0.4) is 0 Å². The van der Waals surface area contributed by atoms with Crippen LogP contribution < -0.4 is 0 Å². The van der Waals surface area contributed by atoms with E-state index < -0.39 is 21.5 Å². The number of aryl methyl sites for hydroxylation is 1. The maximum Gasteiger partial charge on any atom is 0.268 e. The molecule has 2 aromatic carbocycles. The Morgan fingerprint density at radius 3 is 2.47 bits per heavy atom. The SMILES string of the molecule is C=C[C@@]1(C)CC[C@@H]2[C@@H](c3cn(S(=O)(=O)c4ccc(C)cc4)c4cccc(c34)C2(C)C)[C@H]1O. The van der Waals surface area contributed by atoms with Crippen LogP contribution in [0.15, 0.2) is 66.2 Å².